The van der Waals surface area contributed by atoms with E-state index >= 15 is 0 Å². The van der Waals surface area contributed by atoms with Crippen molar-refractivity contribution in [1.82, 2.24) is 19.8 Å². The number of halogens is 1. The van der Waals surface area contributed by atoms with Gasteiger partial charge < -0.3 is 9.88 Å². The third-order valence-corrected chi connectivity index (χ3v) is 4.33. The van der Waals surface area contributed by atoms with Crippen molar-refractivity contribution in [3.05, 3.63) is 53.6 Å². The van der Waals surface area contributed by atoms with Crippen molar-refractivity contribution in [3.63, 3.8) is 0 Å². The molecule has 1 aliphatic heterocycles. The smallest absolute Gasteiger partial charge is 0.127 e. The molecule has 0 saturated carbocycles. The average Bonchev–Trinajstić information content (AvgIpc) is 2.95. The van der Waals surface area contributed by atoms with Gasteiger partial charge in [-0.3, -0.25) is 4.90 Å². The van der Waals surface area contributed by atoms with Crippen LogP contribution in [-0.2, 0) is 20.0 Å². The Morgan fingerprint density at radius 3 is 2.59 bits per heavy atom. The van der Waals surface area contributed by atoms with Gasteiger partial charge in [0.05, 0.1) is 6.04 Å². The summed E-state index contributed by atoms with van der Waals surface area (Å²) in [5.41, 5.74) is 2.79. The normalized spacial score (nSPS) is 18.9. The molecule has 4 nitrogen and oxygen atoms in total. The number of nitrogens with zero attached hydrogens (tertiary/aromatic N) is 3. The van der Waals surface area contributed by atoms with E-state index in [4.69, 9.17) is 0 Å². The number of aromatic nitrogens is 2. The summed E-state index contributed by atoms with van der Waals surface area (Å²) in [7, 11) is 2.07. The van der Waals surface area contributed by atoms with Crippen molar-refractivity contribution in [1.29, 1.82) is 0 Å². The van der Waals surface area contributed by atoms with Gasteiger partial charge in [-0.2, -0.15) is 0 Å². The molecular weight excluding hydrogens is 296 g/mol. The fourth-order valence-corrected chi connectivity index (χ4v) is 3.00. The number of imidazole rings is 1. The Bertz CT molecular complexity index is 579. The molecule has 2 heterocycles. The minimum atomic E-state index is 0. The quantitative estimate of drug-likeness (QED) is 0.940. The van der Waals surface area contributed by atoms with E-state index in [1.165, 1.54) is 11.1 Å². The van der Waals surface area contributed by atoms with Crippen molar-refractivity contribution in [2.24, 2.45) is 7.05 Å². The van der Waals surface area contributed by atoms with E-state index in [1.807, 2.05) is 12.4 Å². The number of piperazine rings is 1. The van der Waals surface area contributed by atoms with Gasteiger partial charge >= 0.3 is 0 Å². The predicted octanol–water partition coefficient (Wildman–Crippen LogP) is 2.55. The van der Waals surface area contributed by atoms with Crippen LogP contribution in [0.4, 0.5) is 0 Å². The van der Waals surface area contributed by atoms with Crippen molar-refractivity contribution >= 4 is 12.4 Å². The summed E-state index contributed by atoms with van der Waals surface area (Å²) in [4.78, 5) is 7.07. The van der Waals surface area contributed by atoms with E-state index in [1.54, 1.807) is 0 Å². The number of hydrogen-bond donors (Lipinski definition) is 1. The van der Waals surface area contributed by atoms with Gasteiger partial charge in [0.1, 0.15) is 5.82 Å². The molecule has 120 valence electrons. The van der Waals surface area contributed by atoms with Crippen molar-refractivity contribution in [2.45, 2.75) is 25.9 Å². The number of rotatable bonds is 4. The molecule has 1 aromatic heterocycles. The maximum absolute atomic E-state index is 4.54. The Labute approximate surface area is 139 Å². The zero-order valence-corrected chi connectivity index (χ0v) is 14.1. The molecular formula is C17H25ClN4. The maximum atomic E-state index is 4.54. The third-order valence-electron chi connectivity index (χ3n) is 4.33. The molecule has 0 radical (unpaired) electrons. The van der Waals surface area contributed by atoms with Gasteiger partial charge in [0.15, 0.2) is 0 Å². The van der Waals surface area contributed by atoms with Crippen LogP contribution in [0.15, 0.2) is 36.7 Å². The van der Waals surface area contributed by atoms with Gasteiger partial charge in [-0.25, -0.2) is 4.98 Å². The summed E-state index contributed by atoms with van der Waals surface area (Å²) < 4.78 is 2.13. The fourth-order valence-electron chi connectivity index (χ4n) is 3.00. The first-order valence-electron chi connectivity index (χ1n) is 7.77. The van der Waals surface area contributed by atoms with Crippen molar-refractivity contribution in [3.8, 4) is 0 Å². The van der Waals surface area contributed by atoms with Crippen LogP contribution in [0.2, 0.25) is 0 Å². The summed E-state index contributed by atoms with van der Waals surface area (Å²) >= 11 is 0. The third kappa shape index (κ3) is 3.69. The van der Waals surface area contributed by atoms with E-state index < -0.39 is 0 Å². The second-order valence-electron chi connectivity index (χ2n) is 5.76. The minimum Gasteiger partial charge on any atom is -0.337 e. The van der Waals surface area contributed by atoms with Crippen molar-refractivity contribution < 1.29 is 0 Å². The lowest BCUT2D eigenvalue weighted by Crippen LogP contribution is -2.46. The van der Waals surface area contributed by atoms with E-state index in [-0.39, 0.29) is 12.4 Å². The molecule has 1 aliphatic rings. The second kappa shape index (κ2) is 7.77. The molecule has 5 heteroatoms. The first kappa shape index (κ1) is 17.0. The highest BCUT2D eigenvalue weighted by Gasteiger charge is 2.26. The highest BCUT2D eigenvalue weighted by Crippen LogP contribution is 2.22. The summed E-state index contributed by atoms with van der Waals surface area (Å²) in [6.07, 6.45) is 5.01. The van der Waals surface area contributed by atoms with Gasteiger partial charge in [0.2, 0.25) is 0 Å². The van der Waals surface area contributed by atoms with Crippen LogP contribution in [-0.4, -0.2) is 34.1 Å². The number of hydrogen-bond acceptors (Lipinski definition) is 3. The molecule has 1 N–H and O–H groups in total. The molecule has 0 bridgehead atoms. The zero-order valence-electron chi connectivity index (χ0n) is 13.3. The SMILES string of the molecule is CCc1ccc(CN2CCNCC2c2nccn2C)cc1.Cl. The average molecular weight is 321 g/mol. The molecule has 1 unspecified atom stereocenters. The van der Waals surface area contributed by atoms with Crippen LogP contribution in [0.5, 0.6) is 0 Å². The molecule has 0 aliphatic carbocycles. The van der Waals surface area contributed by atoms with E-state index in [9.17, 15) is 0 Å². The minimum absolute atomic E-state index is 0. The fraction of sp³-hybridized carbons (Fsp3) is 0.471. The largest absolute Gasteiger partial charge is 0.337 e. The lowest BCUT2D eigenvalue weighted by molar-refractivity contribution is 0.145. The molecule has 1 aromatic carbocycles. The maximum Gasteiger partial charge on any atom is 0.127 e. The molecule has 0 spiro atoms. The molecule has 2 aromatic rings. The molecule has 22 heavy (non-hydrogen) atoms. The lowest BCUT2D eigenvalue weighted by Gasteiger charge is -2.35. The van der Waals surface area contributed by atoms with Gasteiger partial charge in [-0.1, -0.05) is 31.2 Å². The van der Waals surface area contributed by atoms with Crippen LogP contribution < -0.4 is 5.32 Å². The summed E-state index contributed by atoms with van der Waals surface area (Å²) in [6.45, 7) is 6.27. The predicted molar refractivity (Wildman–Crippen MR) is 92.3 cm³/mol. The van der Waals surface area contributed by atoms with Crippen LogP contribution in [0.3, 0.4) is 0 Å². The molecule has 1 saturated heterocycles. The van der Waals surface area contributed by atoms with E-state index in [0.717, 1.165) is 38.4 Å². The van der Waals surface area contributed by atoms with Crippen LogP contribution in [0.1, 0.15) is 29.9 Å². The number of aryl methyl sites for hydroxylation is 2. The molecule has 0 amide bonds. The Kier molecular flexibility index (Phi) is 6.00. The summed E-state index contributed by atoms with van der Waals surface area (Å²) in [5, 5.41) is 3.49. The lowest BCUT2D eigenvalue weighted by atomic mass is 10.1. The molecule has 3 rings (SSSR count). The number of benzene rings is 1. The van der Waals surface area contributed by atoms with Crippen LogP contribution in [0, 0.1) is 0 Å². The second-order valence-corrected chi connectivity index (χ2v) is 5.76. The van der Waals surface area contributed by atoms with Gasteiger partial charge in [-0.15, -0.1) is 12.4 Å². The Morgan fingerprint density at radius 2 is 1.95 bits per heavy atom. The standard InChI is InChI=1S/C17H24N4.ClH/c1-3-14-4-6-15(7-5-14)13-21-11-8-18-12-16(21)17-19-9-10-20(17)2;/h4-7,9-10,16,18H,3,8,11-13H2,1-2H3;1H. The Morgan fingerprint density at radius 1 is 1.23 bits per heavy atom. The first-order chi connectivity index (χ1) is 10.3. The zero-order chi connectivity index (χ0) is 14.7. The van der Waals surface area contributed by atoms with E-state index in [0.29, 0.717) is 6.04 Å². The molecule has 1 atom stereocenters. The van der Waals surface area contributed by atoms with Gasteiger partial charge in [0, 0.05) is 45.6 Å². The van der Waals surface area contributed by atoms with Gasteiger partial charge in [-0.05, 0) is 17.5 Å². The summed E-state index contributed by atoms with van der Waals surface area (Å²) in [5.74, 6) is 1.15. The van der Waals surface area contributed by atoms with Crippen molar-refractivity contribution in [2.75, 3.05) is 19.6 Å². The van der Waals surface area contributed by atoms with Crippen LogP contribution >= 0.6 is 12.4 Å². The summed E-state index contributed by atoms with van der Waals surface area (Å²) in [6, 6.07) is 9.36. The van der Waals surface area contributed by atoms with E-state index in [2.05, 4.69) is 58.0 Å². The highest BCUT2D eigenvalue weighted by atomic mass is 35.5. The molecule has 1 fully saturated rings. The van der Waals surface area contributed by atoms with Crippen LogP contribution in [0.25, 0.3) is 0 Å². The number of nitrogens with one attached hydrogen (secondary N) is 1. The monoisotopic (exact) mass is 320 g/mol. The van der Waals surface area contributed by atoms with Gasteiger partial charge in [0.25, 0.3) is 0 Å². The highest BCUT2D eigenvalue weighted by molar-refractivity contribution is 5.85. The Hall–Kier alpha value is -1.36. The Balaban J connectivity index is 0.00000176. The topological polar surface area (TPSA) is 33.1 Å². The first-order valence-corrected chi connectivity index (χ1v) is 7.77.